The average molecular weight is 284 g/mol. The van der Waals surface area contributed by atoms with Crippen molar-refractivity contribution in [1.29, 1.82) is 0 Å². The minimum absolute atomic E-state index is 0.0304. The van der Waals surface area contributed by atoms with Crippen LogP contribution < -0.4 is 16.0 Å². The van der Waals surface area contributed by atoms with E-state index in [4.69, 9.17) is 11.6 Å². The molecule has 1 aromatic carbocycles. The lowest BCUT2D eigenvalue weighted by Gasteiger charge is -2.07. The maximum atomic E-state index is 11.6. The molecule has 5 nitrogen and oxygen atoms in total. The first kappa shape index (κ1) is 15.3. The number of hydrogen-bond donors (Lipinski definition) is 3. The number of unbranched alkanes of at least 4 members (excludes halogenated alkanes) is 1. The van der Waals surface area contributed by atoms with Crippen molar-refractivity contribution in [1.82, 2.24) is 5.32 Å². The lowest BCUT2D eigenvalue weighted by atomic mass is 10.2. The van der Waals surface area contributed by atoms with Crippen molar-refractivity contribution in [2.75, 3.05) is 23.6 Å². The van der Waals surface area contributed by atoms with Crippen LogP contribution in [0.4, 0.5) is 16.2 Å². The molecular weight excluding hydrogens is 266 g/mol. The van der Waals surface area contributed by atoms with Gasteiger partial charge in [0.05, 0.1) is 0 Å². The molecule has 0 aliphatic heterocycles. The molecule has 1 rings (SSSR count). The van der Waals surface area contributed by atoms with E-state index in [0.29, 0.717) is 23.7 Å². The Labute approximate surface area is 117 Å². The molecule has 0 aliphatic rings. The molecule has 6 heteroatoms. The van der Waals surface area contributed by atoms with Crippen LogP contribution >= 0.6 is 11.6 Å². The molecule has 19 heavy (non-hydrogen) atoms. The van der Waals surface area contributed by atoms with Gasteiger partial charge in [-0.15, -0.1) is 11.6 Å². The molecule has 0 unspecified atom stereocenters. The monoisotopic (exact) mass is 283 g/mol. The molecule has 3 amide bonds. The van der Waals surface area contributed by atoms with Crippen LogP contribution in [0.1, 0.15) is 19.3 Å². The quantitative estimate of drug-likeness (QED) is 0.555. The number of rotatable bonds is 6. The number of hydrogen-bond acceptors (Lipinski definition) is 2. The lowest BCUT2D eigenvalue weighted by molar-refractivity contribution is -0.116. The summed E-state index contributed by atoms with van der Waals surface area (Å²) in [6, 6.07) is 6.65. The smallest absolute Gasteiger partial charge is 0.318 e. The van der Waals surface area contributed by atoms with E-state index >= 15 is 0 Å². The Morgan fingerprint density at radius 1 is 1.05 bits per heavy atom. The number of carbonyl (C=O) groups is 2. The van der Waals surface area contributed by atoms with E-state index in [1.54, 1.807) is 31.3 Å². The van der Waals surface area contributed by atoms with Crippen LogP contribution in [0.15, 0.2) is 24.3 Å². The minimum atomic E-state index is -0.280. The normalized spacial score (nSPS) is 9.79. The summed E-state index contributed by atoms with van der Waals surface area (Å²) < 4.78 is 0. The Morgan fingerprint density at radius 2 is 1.63 bits per heavy atom. The molecule has 0 saturated heterocycles. The molecule has 0 atom stereocenters. The second-order valence-corrected chi connectivity index (χ2v) is 4.35. The van der Waals surface area contributed by atoms with E-state index < -0.39 is 0 Å². The molecule has 0 aliphatic carbocycles. The second-order valence-electron chi connectivity index (χ2n) is 3.98. The van der Waals surface area contributed by atoms with Crippen LogP contribution in [-0.2, 0) is 4.79 Å². The van der Waals surface area contributed by atoms with Gasteiger partial charge >= 0.3 is 6.03 Å². The van der Waals surface area contributed by atoms with Crippen LogP contribution in [0, 0.1) is 0 Å². The standard InChI is InChI=1S/C13H18ClN3O2/c1-15-13(19)17-11-7-5-10(6-8-11)16-12(18)4-2-3-9-14/h5-8H,2-4,9H2,1H3,(H,16,18)(H2,15,17,19). The van der Waals surface area contributed by atoms with Gasteiger partial charge in [0.2, 0.25) is 5.91 Å². The van der Waals surface area contributed by atoms with Crippen LogP contribution in [0.5, 0.6) is 0 Å². The topological polar surface area (TPSA) is 70.2 Å². The van der Waals surface area contributed by atoms with E-state index in [0.717, 1.165) is 12.8 Å². The van der Waals surface area contributed by atoms with Crippen molar-refractivity contribution in [2.45, 2.75) is 19.3 Å². The summed E-state index contributed by atoms with van der Waals surface area (Å²) in [5, 5.41) is 7.88. The van der Waals surface area contributed by atoms with Gasteiger partial charge in [-0.05, 0) is 37.1 Å². The Morgan fingerprint density at radius 3 is 2.16 bits per heavy atom. The highest BCUT2D eigenvalue weighted by Crippen LogP contribution is 2.14. The predicted octanol–water partition coefficient (Wildman–Crippen LogP) is 2.79. The number of nitrogens with one attached hydrogen (secondary N) is 3. The fraction of sp³-hybridized carbons (Fsp3) is 0.385. The summed E-state index contributed by atoms with van der Waals surface area (Å²) in [7, 11) is 1.55. The molecular formula is C13H18ClN3O2. The Bertz CT molecular complexity index is 420. The summed E-state index contributed by atoms with van der Waals surface area (Å²) in [6.45, 7) is 0. The van der Waals surface area contributed by atoms with Crippen LogP contribution in [-0.4, -0.2) is 24.9 Å². The first-order valence-electron chi connectivity index (χ1n) is 6.10. The van der Waals surface area contributed by atoms with Gasteiger partial charge in [0.1, 0.15) is 0 Å². The highest BCUT2D eigenvalue weighted by atomic mass is 35.5. The number of benzene rings is 1. The number of halogens is 1. The highest BCUT2D eigenvalue weighted by Gasteiger charge is 2.03. The van der Waals surface area contributed by atoms with Crippen molar-refractivity contribution >= 4 is 34.9 Å². The average Bonchev–Trinajstić information content (AvgIpc) is 2.41. The molecule has 0 aromatic heterocycles. The molecule has 0 bridgehead atoms. The van der Waals surface area contributed by atoms with E-state index in [1.165, 1.54) is 0 Å². The number of alkyl halides is 1. The van der Waals surface area contributed by atoms with E-state index in [9.17, 15) is 9.59 Å². The van der Waals surface area contributed by atoms with Gasteiger partial charge in [-0.2, -0.15) is 0 Å². The van der Waals surface area contributed by atoms with Crippen LogP contribution in [0.25, 0.3) is 0 Å². The largest absolute Gasteiger partial charge is 0.341 e. The summed E-state index contributed by atoms with van der Waals surface area (Å²) in [4.78, 5) is 22.7. The first-order chi connectivity index (χ1) is 9.15. The van der Waals surface area contributed by atoms with E-state index in [-0.39, 0.29) is 11.9 Å². The van der Waals surface area contributed by atoms with Gasteiger partial charge in [-0.1, -0.05) is 0 Å². The molecule has 1 aromatic rings. The van der Waals surface area contributed by atoms with Gasteiger partial charge in [-0.25, -0.2) is 4.79 Å². The highest BCUT2D eigenvalue weighted by molar-refractivity contribution is 6.17. The number of amides is 3. The molecule has 0 radical (unpaired) electrons. The third kappa shape index (κ3) is 6.10. The van der Waals surface area contributed by atoms with Gasteiger partial charge in [0.15, 0.2) is 0 Å². The van der Waals surface area contributed by atoms with Gasteiger partial charge in [0.25, 0.3) is 0 Å². The predicted molar refractivity (Wildman–Crippen MR) is 77.7 cm³/mol. The third-order valence-corrected chi connectivity index (χ3v) is 2.71. The van der Waals surface area contributed by atoms with Crippen LogP contribution in [0.2, 0.25) is 0 Å². The van der Waals surface area contributed by atoms with Gasteiger partial charge < -0.3 is 16.0 Å². The molecule has 0 saturated carbocycles. The summed E-state index contributed by atoms with van der Waals surface area (Å²) in [5.74, 6) is 0.546. The maximum absolute atomic E-state index is 11.6. The minimum Gasteiger partial charge on any atom is -0.341 e. The Balaban J connectivity index is 2.43. The number of carbonyl (C=O) groups excluding carboxylic acids is 2. The number of urea groups is 1. The summed E-state index contributed by atoms with van der Waals surface area (Å²) >= 11 is 5.54. The second kappa shape index (κ2) is 8.37. The first-order valence-corrected chi connectivity index (χ1v) is 6.63. The molecule has 0 fully saturated rings. The van der Waals surface area contributed by atoms with Crippen LogP contribution in [0.3, 0.4) is 0 Å². The molecule has 0 heterocycles. The van der Waals surface area contributed by atoms with Gasteiger partial charge in [0, 0.05) is 30.7 Å². The maximum Gasteiger partial charge on any atom is 0.318 e. The van der Waals surface area contributed by atoms with Crippen molar-refractivity contribution in [2.24, 2.45) is 0 Å². The fourth-order valence-corrected chi connectivity index (χ4v) is 1.62. The van der Waals surface area contributed by atoms with Crippen molar-refractivity contribution in [3.05, 3.63) is 24.3 Å². The zero-order valence-electron chi connectivity index (χ0n) is 10.8. The summed E-state index contributed by atoms with van der Waals surface area (Å²) in [5.41, 5.74) is 1.37. The molecule has 3 N–H and O–H groups in total. The Kier molecular flexibility index (Phi) is 6.74. The Hall–Kier alpha value is -1.75. The van der Waals surface area contributed by atoms with E-state index in [2.05, 4.69) is 16.0 Å². The number of anilines is 2. The fourth-order valence-electron chi connectivity index (χ4n) is 1.43. The SMILES string of the molecule is CNC(=O)Nc1ccc(NC(=O)CCCCCl)cc1. The van der Waals surface area contributed by atoms with Crippen molar-refractivity contribution in [3.63, 3.8) is 0 Å². The molecule has 104 valence electrons. The zero-order valence-corrected chi connectivity index (χ0v) is 11.6. The molecule has 0 spiro atoms. The summed E-state index contributed by atoms with van der Waals surface area (Å²) in [6.07, 6.45) is 2.08. The van der Waals surface area contributed by atoms with Crippen molar-refractivity contribution in [3.8, 4) is 0 Å². The zero-order chi connectivity index (χ0) is 14.1. The third-order valence-electron chi connectivity index (χ3n) is 2.44. The lowest BCUT2D eigenvalue weighted by Crippen LogP contribution is -2.24. The van der Waals surface area contributed by atoms with E-state index in [1.807, 2.05) is 0 Å². The van der Waals surface area contributed by atoms with Crippen molar-refractivity contribution < 1.29 is 9.59 Å². The van der Waals surface area contributed by atoms with Gasteiger partial charge in [-0.3, -0.25) is 4.79 Å².